The second-order valence-corrected chi connectivity index (χ2v) is 7.89. The zero-order chi connectivity index (χ0) is 19.9. The fraction of sp³-hybridized carbons (Fsp3) is 0.190. The highest BCUT2D eigenvalue weighted by Crippen LogP contribution is 2.20. The molecule has 0 N–H and O–H groups in total. The van der Waals surface area contributed by atoms with Gasteiger partial charge in [-0.3, -0.25) is 4.79 Å². The molecule has 1 heterocycles. The van der Waals surface area contributed by atoms with Gasteiger partial charge in [0.1, 0.15) is 0 Å². The van der Waals surface area contributed by atoms with Crippen LogP contribution in [0, 0.1) is 0 Å². The Kier molecular flexibility index (Phi) is 6.84. The summed E-state index contributed by atoms with van der Waals surface area (Å²) in [5, 5.41) is 0. The van der Waals surface area contributed by atoms with E-state index < -0.39 is 0 Å². The zero-order valence-electron chi connectivity index (χ0n) is 15.6. The number of carbonyl (C=O) groups excluding carboxylic acids is 2. The molecule has 3 rings (SSSR count). The van der Waals surface area contributed by atoms with E-state index in [4.69, 9.17) is 4.74 Å². The normalized spacial score (nSPS) is 12.0. The third-order valence-electron chi connectivity index (χ3n) is 4.05. The molecule has 0 bridgehead atoms. The van der Waals surface area contributed by atoms with Crippen LogP contribution in [0.1, 0.15) is 15.9 Å². The number of thiazole rings is 1. The lowest BCUT2D eigenvalue weighted by Crippen LogP contribution is -2.17. The molecule has 0 spiro atoms. The molecule has 7 heteroatoms. The van der Waals surface area contributed by atoms with Gasteiger partial charge < -0.3 is 9.30 Å². The molecule has 0 aliphatic rings. The van der Waals surface area contributed by atoms with E-state index in [0.717, 1.165) is 28.1 Å². The Morgan fingerprint density at radius 3 is 2.71 bits per heavy atom. The van der Waals surface area contributed by atoms with Crippen molar-refractivity contribution in [3.63, 3.8) is 0 Å². The summed E-state index contributed by atoms with van der Waals surface area (Å²) in [5.74, 6) is 0.194. The molecule has 1 aromatic heterocycles. The van der Waals surface area contributed by atoms with Gasteiger partial charge in [-0.25, -0.2) is 4.79 Å². The number of esters is 1. The zero-order valence-corrected chi connectivity index (χ0v) is 17.3. The first-order valence-electron chi connectivity index (χ1n) is 8.65. The number of fused-ring (bicyclic) bond motifs is 1. The Bertz CT molecular complexity index is 1080. The van der Waals surface area contributed by atoms with Crippen LogP contribution in [0.2, 0.25) is 0 Å². The predicted octanol–water partition coefficient (Wildman–Crippen LogP) is 3.99. The van der Waals surface area contributed by atoms with E-state index in [9.17, 15) is 9.59 Å². The van der Waals surface area contributed by atoms with E-state index in [2.05, 4.69) is 4.99 Å². The SMILES string of the molecule is COC(=O)c1ccc2c(c1)sc(=NC(=O)/C=C/c1ccccc1)n2CCSC. The molecule has 0 saturated heterocycles. The average Bonchev–Trinajstić information content (AvgIpc) is 3.06. The lowest BCUT2D eigenvalue weighted by Gasteiger charge is -2.04. The standard InChI is InChI=1S/C21H20N2O3S2/c1-26-20(25)16-9-10-17-18(14-16)28-21(23(17)12-13-27-2)22-19(24)11-8-15-6-4-3-5-7-15/h3-11,14H,12-13H2,1-2H3/b11-8+,22-21?. The maximum Gasteiger partial charge on any atom is 0.337 e. The Morgan fingerprint density at radius 2 is 2.00 bits per heavy atom. The number of thioether (sulfide) groups is 1. The summed E-state index contributed by atoms with van der Waals surface area (Å²) in [6.45, 7) is 0.729. The Hall–Kier alpha value is -2.64. The average molecular weight is 413 g/mol. The van der Waals surface area contributed by atoms with Gasteiger partial charge in [0, 0.05) is 18.4 Å². The number of hydrogen-bond donors (Lipinski definition) is 0. The molecule has 144 valence electrons. The van der Waals surface area contributed by atoms with Gasteiger partial charge in [-0.15, -0.1) is 0 Å². The maximum atomic E-state index is 12.4. The minimum Gasteiger partial charge on any atom is -0.465 e. The minimum atomic E-state index is -0.383. The lowest BCUT2D eigenvalue weighted by molar-refractivity contribution is -0.113. The quantitative estimate of drug-likeness (QED) is 0.454. The molecule has 0 aliphatic heterocycles. The van der Waals surface area contributed by atoms with Gasteiger partial charge in [0.05, 0.1) is 22.9 Å². The van der Waals surface area contributed by atoms with Crippen molar-refractivity contribution >= 4 is 51.3 Å². The smallest absolute Gasteiger partial charge is 0.337 e. The molecule has 5 nitrogen and oxygen atoms in total. The number of benzene rings is 2. The first-order valence-corrected chi connectivity index (χ1v) is 10.9. The van der Waals surface area contributed by atoms with Crippen LogP contribution >= 0.6 is 23.1 Å². The van der Waals surface area contributed by atoms with E-state index in [1.165, 1.54) is 24.5 Å². The van der Waals surface area contributed by atoms with Crippen LogP contribution in [0.5, 0.6) is 0 Å². The molecule has 0 radical (unpaired) electrons. The highest BCUT2D eigenvalue weighted by molar-refractivity contribution is 7.98. The van der Waals surface area contributed by atoms with Crippen LogP contribution in [0.4, 0.5) is 0 Å². The predicted molar refractivity (Wildman–Crippen MR) is 116 cm³/mol. The Balaban J connectivity index is 1.99. The number of amides is 1. The molecule has 0 unspecified atom stereocenters. The van der Waals surface area contributed by atoms with Crippen LogP contribution in [0.25, 0.3) is 16.3 Å². The maximum absolute atomic E-state index is 12.4. The van der Waals surface area contributed by atoms with Gasteiger partial charge in [-0.05, 0) is 36.1 Å². The van der Waals surface area contributed by atoms with Crippen molar-refractivity contribution in [3.05, 3.63) is 70.5 Å². The lowest BCUT2D eigenvalue weighted by atomic mass is 10.2. The van der Waals surface area contributed by atoms with Crippen LogP contribution in [-0.4, -0.2) is 35.6 Å². The molecule has 0 atom stereocenters. The number of carbonyl (C=O) groups is 2. The molecular formula is C21H20N2O3S2. The number of hydrogen-bond acceptors (Lipinski definition) is 5. The summed E-state index contributed by atoms with van der Waals surface area (Å²) in [7, 11) is 1.36. The number of aryl methyl sites for hydroxylation is 1. The Morgan fingerprint density at radius 1 is 1.21 bits per heavy atom. The molecule has 0 saturated carbocycles. The highest BCUT2D eigenvalue weighted by atomic mass is 32.2. The number of aromatic nitrogens is 1. The van der Waals surface area contributed by atoms with Gasteiger partial charge >= 0.3 is 5.97 Å². The van der Waals surface area contributed by atoms with Crippen molar-refractivity contribution < 1.29 is 14.3 Å². The second-order valence-electron chi connectivity index (χ2n) is 5.90. The molecule has 0 fully saturated rings. The first-order chi connectivity index (χ1) is 13.6. The largest absolute Gasteiger partial charge is 0.465 e. The van der Waals surface area contributed by atoms with E-state index in [1.807, 2.05) is 47.2 Å². The fourth-order valence-corrected chi connectivity index (χ4v) is 4.13. The number of methoxy groups -OCH3 is 1. The number of nitrogens with zero attached hydrogens (tertiary/aromatic N) is 2. The monoisotopic (exact) mass is 412 g/mol. The van der Waals surface area contributed by atoms with Gasteiger partial charge in [0.25, 0.3) is 5.91 Å². The number of rotatable bonds is 6. The van der Waals surface area contributed by atoms with Crippen molar-refractivity contribution in [1.82, 2.24) is 4.57 Å². The van der Waals surface area contributed by atoms with E-state index in [0.29, 0.717) is 10.4 Å². The Labute approximate surface area is 171 Å². The summed E-state index contributed by atoms with van der Waals surface area (Å²) >= 11 is 3.12. The molecular weight excluding hydrogens is 392 g/mol. The fourth-order valence-electron chi connectivity index (χ4n) is 2.67. The second kappa shape index (κ2) is 9.52. The van der Waals surface area contributed by atoms with E-state index in [-0.39, 0.29) is 11.9 Å². The first kappa shape index (κ1) is 20.1. The number of ether oxygens (including phenoxy) is 1. The summed E-state index contributed by atoms with van der Waals surface area (Å²) in [4.78, 5) is 29.1. The molecule has 2 aromatic carbocycles. The van der Waals surface area contributed by atoms with Crippen molar-refractivity contribution in [2.75, 3.05) is 19.1 Å². The van der Waals surface area contributed by atoms with E-state index in [1.54, 1.807) is 30.0 Å². The topological polar surface area (TPSA) is 60.7 Å². The molecule has 0 aliphatic carbocycles. The van der Waals surface area contributed by atoms with Crippen molar-refractivity contribution in [2.45, 2.75) is 6.54 Å². The summed E-state index contributed by atoms with van der Waals surface area (Å²) in [6, 6.07) is 15.0. The van der Waals surface area contributed by atoms with Crippen LogP contribution in [-0.2, 0) is 16.1 Å². The summed E-state index contributed by atoms with van der Waals surface area (Å²) < 4.78 is 7.71. The van der Waals surface area contributed by atoms with Crippen molar-refractivity contribution in [1.29, 1.82) is 0 Å². The third-order valence-corrected chi connectivity index (χ3v) is 5.68. The molecule has 3 aromatic rings. The van der Waals surface area contributed by atoms with E-state index >= 15 is 0 Å². The summed E-state index contributed by atoms with van der Waals surface area (Å²) in [6.07, 6.45) is 5.26. The molecule has 1 amide bonds. The van der Waals surface area contributed by atoms with Crippen LogP contribution in [0.15, 0.2) is 59.6 Å². The van der Waals surface area contributed by atoms with Gasteiger partial charge in [0.15, 0.2) is 4.80 Å². The highest BCUT2D eigenvalue weighted by Gasteiger charge is 2.11. The minimum absolute atomic E-state index is 0.318. The van der Waals surface area contributed by atoms with Gasteiger partial charge in [0.2, 0.25) is 0 Å². The third kappa shape index (κ3) is 4.79. The van der Waals surface area contributed by atoms with Gasteiger partial charge in [-0.2, -0.15) is 16.8 Å². The summed E-state index contributed by atoms with van der Waals surface area (Å²) in [5.41, 5.74) is 2.38. The van der Waals surface area contributed by atoms with Crippen molar-refractivity contribution in [3.8, 4) is 0 Å². The van der Waals surface area contributed by atoms with Crippen molar-refractivity contribution in [2.24, 2.45) is 4.99 Å². The van der Waals surface area contributed by atoms with Gasteiger partial charge in [-0.1, -0.05) is 41.7 Å². The van der Waals surface area contributed by atoms with Crippen LogP contribution in [0.3, 0.4) is 0 Å². The van der Waals surface area contributed by atoms with Crippen LogP contribution < -0.4 is 4.80 Å². The molecule has 28 heavy (non-hydrogen) atoms.